The molecule has 4 aromatic heterocycles. The predicted octanol–water partition coefficient (Wildman–Crippen LogP) is 12.8. The number of nitriles is 2. The van der Waals surface area contributed by atoms with Gasteiger partial charge >= 0.3 is 13.7 Å². The molecule has 0 radical (unpaired) electrons. The topological polar surface area (TPSA) is 120 Å². The Morgan fingerprint density at radius 3 is 1.37 bits per heavy atom. The number of hydrogen-bond donors (Lipinski definition) is 0. The summed E-state index contributed by atoms with van der Waals surface area (Å²) in [5.41, 5.74) is 9.20. The number of methoxy groups -OCH3 is 2. The Hall–Kier alpha value is -9.59. The molecule has 0 aliphatic carbocycles. The highest BCUT2D eigenvalue weighted by Gasteiger charge is 2.38. The van der Waals surface area contributed by atoms with Gasteiger partial charge in [0, 0.05) is 39.9 Å². The highest BCUT2D eigenvalue weighted by Crippen LogP contribution is 2.40. The van der Waals surface area contributed by atoms with Crippen molar-refractivity contribution in [3.8, 4) is 57.7 Å². The Morgan fingerprint density at radius 1 is 0.488 bits per heavy atom. The van der Waals surface area contributed by atoms with Gasteiger partial charge in [0.25, 0.3) is 0 Å². The number of aromatic nitrogens is 4. The highest BCUT2D eigenvalue weighted by atomic mass is 32.1. The van der Waals surface area contributed by atoms with Crippen LogP contribution in [0.25, 0.3) is 64.9 Å². The van der Waals surface area contributed by atoms with Crippen LogP contribution in [0.5, 0.6) is 23.0 Å². The number of rotatable bonds is 21. The second kappa shape index (κ2) is 25.7. The summed E-state index contributed by atoms with van der Waals surface area (Å²) < 4.78 is 31.2. The summed E-state index contributed by atoms with van der Waals surface area (Å²) >= 11 is 2.92. The zero-order chi connectivity index (χ0) is 59.1. The van der Waals surface area contributed by atoms with Crippen molar-refractivity contribution in [1.82, 2.24) is 18.9 Å². The van der Waals surface area contributed by atoms with E-state index in [1.807, 2.05) is 84.9 Å². The molecule has 0 aliphatic rings. The van der Waals surface area contributed by atoms with Crippen molar-refractivity contribution in [3.05, 3.63) is 227 Å². The minimum atomic E-state index is -0.565. The highest BCUT2D eigenvalue weighted by molar-refractivity contribution is 7.20. The SMILES string of the molecule is CCCCCCOc1ccc(-c2c3/c(=C(\C#N)c4nc5cc(OC)ccc5s4)n(B(c4ccccc4)c4ccccc4)c(-c4cccc(OCC(C)C)c4)c3/c(=C(\C#N)c3nc4cc(OC)ccc4s3)n2B(c2ccccc2)c2ccccc2)cc1. The van der Waals surface area contributed by atoms with Crippen LogP contribution in [0.1, 0.15) is 56.5 Å². The standard InChI is InChI=1S/C72H62B2N6O4S2/c1-6-7-8-21-41-83-55-35-33-49(34-36-55)67-65-66(70(60(46-76)72-78-62-44-57(82-5)38-40-64(62)86-72)79(67)73(51-24-13-9-14-25-51)52-26-15-10-16-27-52)68(50-23-22-32-58(42-50)84-47-48(2)3)80(74(53-28-17-11-18-29-53)54-30-19-12-20-31-54)69(65)59(45-75)71-77-61-43-56(81-4)37-39-63(61)85-71/h9-20,22-40,42-44,48H,6-8,21,41,47H2,1-5H3/b69-59-,70-60-. The number of ether oxygens (including phenoxy) is 4. The van der Waals surface area contributed by atoms with Crippen LogP contribution >= 0.6 is 22.7 Å². The third-order valence-electron chi connectivity index (χ3n) is 15.5. The van der Waals surface area contributed by atoms with E-state index in [2.05, 4.69) is 163 Å². The van der Waals surface area contributed by atoms with Crippen LogP contribution in [-0.4, -0.2) is 60.1 Å². The molecule has 14 heteroatoms. The normalized spacial score (nSPS) is 12.0. The van der Waals surface area contributed by atoms with Crippen molar-refractivity contribution < 1.29 is 18.9 Å². The first-order valence-corrected chi connectivity index (χ1v) is 30.8. The van der Waals surface area contributed by atoms with Gasteiger partial charge in [0.15, 0.2) is 0 Å². The third-order valence-corrected chi connectivity index (χ3v) is 17.6. The van der Waals surface area contributed by atoms with Gasteiger partial charge in [0.1, 0.15) is 56.3 Å². The fourth-order valence-corrected chi connectivity index (χ4v) is 13.5. The predicted molar refractivity (Wildman–Crippen MR) is 355 cm³/mol. The second-order valence-corrected chi connectivity index (χ2v) is 23.7. The minimum absolute atomic E-state index is 0.249. The van der Waals surface area contributed by atoms with Gasteiger partial charge in [-0.15, -0.1) is 22.7 Å². The molecule has 86 heavy (non-hydrogen) atoms. The second-order valence-electron chi connectivity index (χ2n) is 21.7. The van der Waals surface area contributed by atoms with E-state index in [1.165, 1.54) is 22.7 Å². The first-order chi connectivity index (χ1) is 42.3. The largest absolute Gasteiger partial charge is 0.497 e. The number of thiazole rings is 2. The van der Waals surface area contributed by atoms with Crippen LogP contribution in [0.3, 0.4) is 0 Å². The summed E-state index contributed by atoms with van der Waals surface area (Å²) in [6.07, 6.45) is 4.32. The van der Waals surface area contributed by atoms with E-state index in [4.69, 9.17) is 28.9 Å². The Morgan fingerprint density at radius 2 is 0.942 bits per heavy atom. The summed E-state index contributed by atoms with van der Waals surface area (Å²) in [5.74, 6) is 3.00. The molecule has 0 N–H and O–H groups in total. The molecule has 10 nitrogen and oxygen atoms in total. The summed E-state index contributed by atoms with van der Waals surface area (Å²) in [6, 6.07) is 75.9. The maximum absolute atomic E-state index is 12.5. The Kier molecular flexibility index (Phi) is 17.0. The van der Waals surface area contributed by atoms with Crippen LogP contribution in [-0.2, 0) is 0 Å². The van der Waals surface area contributed by atoms with Crippen LogP contribution in [0.4, 0.5) is 0 Å². The molecule has 12 rings (SSSR count). The molecule has 0 saturated heterocycles. The summed E-state index contributed by atoms with van der Waals surface area (Å²) in [6.45, 7) is 6.46. The Bertz CT molecular complexity index is 4410. The minimum Gasteiger partial charge on any atom is -0.497 e. The van der Waals surface area contributed by atoms with Crippen molar-refractivity contribution in [2.75, 3.05) is 27.4 Å². The monoisotopic (exact) mass is 1160 g/mol. The summed E-state index contributed by atoms with van der Waals surface area (Å²) in [5, 5.41) is 28.7. The van der Waals surface area contributed by atoms with Gasteiger partial charge in [-0.05, 0) is 78.6 Å². The average Bonchev–Trinajstić information content (AvgIpc) is 1.54. The van der Waals surface area contributed by atoms with Gasteiger partial charge in [-0.3, -0.25) is 0 Å². The van der Waals surface area contributed by atoms with Crippen molar-refractivity contribution >= 4 is 101 Å². The fourth-order valence-electron chi connectivity index (χ4n) is 11.6. The van der Waals surface area contributed by atoms with Crippen LogP contribution < -0.4 is 51.5 Å². The molecule has 12 aromatic rings. The van der Waals surface area contributed by atoms with E-state index in [9.17, 15) is 10.5 Å². The quantitative estimate of drug-likeness (QED) is 0.0515. The first-order valence-electron chi connectivity index (χ1n) is 29.2. The lowest BCUT2D eigenvalue weighted by Gasteiger charge is -2.24. The van der Waals surface area contributed by atoms with Gasteiger partial charge in [0.05, 0.1) is 58.6 Å². The van der Waals surface area contributed by atoms with Gasteiger partial charge in [0.2, 0.25) is 0 Å². The number of nitrogens with zero attached hydrogens (tertiary/aromatic N) is 6. The molecular formula is C72H62B2N6O4S2. The zero-order valence-corrected chi connectivity index (χ0v) is 50.4. The van der Waals surface area contributed by atoms with E-state index >= 15 is 0 Å². The molecule has 8 aromatic carbocycles. The molecule has 422 valence electrons. The van der Waals surface area contributed by atoms with E-state index in [-0.39, 0.29) is 5.92 Å². The van der Waals surface area contributed by atoms with Gasteiger partial charge < -0.3 is 27.9 Å². The lowest BCUT2D eigenvalue weighted by Crippen LogP contribution is -2.54. The lowest BCUT2D eigenvalue weighted by molar-refractivity contribution is 0.271. The average molecular weight is 1160 g/mol. The molecule has 0 atom stereocenters. The molecule has 4 heterocycles. The molecule has 0 bridgehead atoms. The molecule has 0 aliphatic heterocycles. The van der Waals surface area contributed by atoms with Crippen LogP contribution in [0, 0.1) is 28.6 Å². The first kappa shape index (κ1) is 56.9. The molecule has 0 unspecified atom stereocenters. The van der Waals surface area contributed by atoms with E-state index < -0.39 is 13.7 Å². The molecular weight excluding hydrogens is 1100 g/mol. The van der Waals surface area contributed by atoms with Gasteiger partial charge in [-0.2, -0.15) is 10.5 Å². The number of fused-ring (bicyclic) bond motifs is 3. The number of benzene rings is 8. The lowest BCUT2D eigenvalue weighted by atomic mass is 9.50. The smallest absolute Gasteiger partial charge is 0.328 e. The molecule has 0 saturated carbocycles. The van der Waals surface area contributed by atoms with E-state index in [1.54, 1.807) is 14.2 Å². The Labute approximate surface area is 510 Å². The molecule has 0 fully saturated rings. The fraction of sp³-hybridized carbons (Fsp3) is 0.167. The molecule has 0 spiro atoms. The van der Waals surface area contributed by atoms with E-state index in [0.29, 0.717) is 73.4 Å². The van der Waals surface area contributed by atoms with E-state index in [0.717, 1.165) is 96.0 Å². The summed E-state index contributed by atoms with van der Waals surface area (Å²) in [4.78, 5) is 10.7. The van der Waals surface area contributed by atoms with Gasteiger partial charge in [-0.1, -0.05) is 195 Å². The van der Waals surface area contributed by atoms with Crippen molar-refractivity contribution in [2.45, 2.75) is 46.5 Å². The summed E-state index contributed by atoms with van der Waals surface area (Å²) in [7, 11) is 3.29. The van der Waals surface area contributed by atoms with Crippen LogP contribution in [0.15, 0.2) is 206 Å². The van der Waals surface area contributed by atoms with Crippen molar-refractivity contribution in [1.29, 1.82) is 10.5 Å². The Balaban J connectivity index is 1.39. The maximum Gasteiger partial charge on any atom is 0.328 e. The van der Waals surface area contributed by atoms with Crippen molar-refractivity contribution in [2.24, 2.45) is 5.92 Å². The number of unbranched alkanes of at least 4 members (excludes halogenated alkanes) is 3. The molecule has 0 amide bonds. The third kappa shape index (κ3) is 11.3. The van der Waals surface area contributed by atoms with Crippen molar-refractivity contribution in [3.63, 3.8) is 0 Å². The van der Waals surface area contributed by atoms with Crippen LogP contribution in [0.2, 0.25) is 0 Å². The maximum atomic E-state index is 12.5. The zero-order valence-electron chi connectivity index (χ0n) is 48.7. The van der Waals surface area contributed by atoms with Gasteiger partial charge in [-0.25, -0.2) is 9.97 Å². The number of hydrogen-bond acceptors (Lipinski definition) is 10.